The maximum atomic E-state index is 13.2. The van der Waals surface area contributed by atoms with E-state index in [9.17, 15) is 14.7 Å². The van der Waals surface area contributed by atoms with Gasteiger partial charge in [0.15, 0.2) is 0 Å². The molecule has 0 saturated carbocycles. The molecule has 2 aromatic carbocycles. The van der Waals surface area contributed by atoms with Gasteiger partial charge in [-0.15, -0.1) is 0 Å². The lowest BCUT2D eigenvalue weighted by Gasteiger charge is -2.25. The van der Waals surface area contributed by atoms with Crippen LogP contribution in [0.25, 0.3) is 5.76 Å². The van der Waals surface area contributed by atoms with Crippen molar-refractivity contribution in [3.05, 3.63) is 88.7 Å². The molecule has 1 N–H and O–H groups in total. The fourth-order valence-corrected chi connectivity index (χ4v) is 3.83. The van der Waals surface area contributed by atoms with E-state index < -0.39 is 17.7 Å². The number of benzene rings is 2. The highest BCUT2D eigenvalue weighted by atomic mass is 35.5. The normalized spacial score (nSPS) is 17.5. The number of aliphatic hydroxyl groups is 1. The van der Waals surface area contributed by atoms with Gasteiger partial charge in [-0.3, -0.25) is 19.5 Å². The Balaban J connectivity index is 1.97. The predicted molar refractivity (Wildman–Crippen MR) is 120 cm³/mol. The van der Waals surface area contributed by atoms with E-state index in [4.69, 9.17) is 21.1 Å². The molecule has 0 radical (unpaired) electrons. The maximum Gasteiger partial charge on any atom is 0.300 e. The lowest BCUT2D eigenvalue weighted by atomic mass is 9.95. The Morgan fingerprint density at radius 2 is 1.69 bits per heavy atom. The molecule has 1 aliphatic rings. The molecule has 0 aliphatic carbocycles. The number of carbonyl (C=O) groups excluding carboxylic acids is 2. The van der Waals surface area contributed by atoms with Gasteiger partial charge in [0.1, 0.15) is 17.3 Å². The molecule has 1 aliphatic heterocycles. The number of nitrogens with zero attached hydrogens (tertiary/aromatic N) is 2. The summed E-state index contributed by atoms with van der Waals surface area (Å²) in [6.45, 7) is 0. The SMILES string of the molecule is COc1ccc(OC)c(/C(O)=C2\C(=O)C(=O)N(c3ccc(Cl)cc3)C2c2ccncc2)c1. The molecule has 7 nitrogen and oxygen atoms in total. The first-order valence-corrected chi connectivity index (χ1v) is 10.0. The molecule has 1 fully saturated rings. The second-order valence-corrected chi connectivity index (χ2v) is 7.43. The van der Waals surface area contributed by atoms with E-state index in [-0.39, 0.29) is 16.9 Å². The summed E-state index contributed by atoms with van der Waals surface area (Å²) in [5.74, 6) is -1.16. The van der Waals surface area contributed by atoms with Crippen LogP contribution in [0.4, 0.5) is 5.69 Å². The van der Waals surface area contributed by atoms with Crippen molar-refractivity contribution >= 4 is 34.7 Å². The van der Waals surface area contributed by atoms with Crippen LogP contribution < -0.4 is 14.4 Å². The van der Waals surface area contributed by atoms with Gasteiger partial charge in [-0.05, 0) is 60.2 Å². The number of rotatable bonds is 5. The van der Waals surface area contributed by atoms with Crippen LogP contribution in [0.3, 0.4) is 0 Å². The Kier molecular flexibility index (Phi) is 5.83. The molecule has 1 saturated heterocycles. The number of hydrogen-bond donors (Lipinski definition) is 1. The van der Waals surface area contributed by atoms with Gasteiger partial charge in [-0.25, -0.2) is 0 Å². The van der Waals surface area contributed by atoms with Gasteiger partial charge in [0.2, 0.25) is 0 Å². The van der Waals surface area contributed by atoms with Crippen LogP contribution in [0, 0.1) is 0 Å². The number of aliphatic hydroxyl groups excluding tert-OH is 1. The van der Waals surface area contributed by atoms with Crippen molar-refractivity contribution in [2.45, 2.75) is 6.04 Å². The molecule has 1 amide bonds. The molecular formula is C24H19ClN2O5. The summed E-state index contributed by atoms with van der Waals surface area (Å²) in [6, 6.07) is 13.9. The summed E-state index contributed by atoms with van der Waals surface area (Å²) in [5, 5.41) is 11.8. The fraction of sp³-hybridized carbons (Fsp3) is 0.125. The predicted octanol–water partition coefficient (Wildman–Crippen LogP) is 4.38. The van der Waals surface area contributed by atoms with Crippen molar-refractivity contribution in [2.75, 3.05) is 19.1 Å². The minimum absolute atomic E-state index is 0.0669. The standard InChI is InChI=1S/C24H19ClN2O5/c1-31-17-7-8-19(32-2)18(13-17)22(28)20-21(14-9-11-26-12-10-14)27(24(30)23(20)29)16-5-3-15(25)4-6-16/h3-13,21,28H,1-2H3/b22-20+. The summed E-state index contributed by atoms with van der Waals surface area (Å²) in [7, 11) is 2.94. The van der Waals surface area contributed by atoms with E-state index in [0.29, 0.717) is 27.8 Å². The number of methoxy groups -OCH3 is 2. The fourth-order valence-electron chi connectivity index (χ4n) is 3.71. The van der Waals surface area contributed by atoms with Crippen molar-refractivity contribution in [1.82, 2.24) is 4.98 Å². The molecule has 0 bridgehead atoms. The smallest absolute Gasteiger partial charge is 0.300 e. The minimum Gasteiger partial charge on any atom is -0.507 e. The number of pyridine rings is 1. The first-order chi connectivity index (χ1) is 15.5. The van der Waals surface area contributed by atoms with Crippen LogP contribution in [0.1, 0.15) is 17.2 Å². The molecule has 8 heteroatoms. The van der Waals surface area contributed by atoms with Crippen LogP contribution in [-0.4, -0.2) is 36.0 Å². The van der Waals surface area contributed by atoms with Gasteiger partial charge in [0.25, 0.3) is 11.7 Å². The third kappa shape index (κ3) is 3.67. The molecule has 3 aromatic rings. The van der Waals surface area contributed by atoms with Gasteiger partial charge in [-0.2, -0.15) is 0 Å². The number of ketones is 1. The number of ether oxygens (including phenoxy) is 2. The highest BCUT2D eigenvalue weighted by molar-refractivity contribution is 6.51. The van der Waals surface area contributed by atoms with Gasteiger partial charge >= 0.3 is 0 Å². The first kappa shape index (κ1) is 21.4. The third-order valence-corrected chi connectivity index (χ3v) is 5.48. The van der Waals surface area contributed by atoms with Gasteiger partial charge in [0, 0.05) is 23.1 Å². The summed E-state index contributed by atoms with van der Waals surface area (Å²) < 4.78 is 10.6. The molecule has 0 spiro atoms. The lowest BCUT2D eigenvalue weighted by molar-refractivity contribution is -0.132. The Morgan fingerprint density at radius 1 is 1.00 bits per heavy atom. The minimum atomic E-state index is -0.880. The highest BCUT2D eigenvalue weighted by Crippen LogP contribution is 2.43. The van der Waals surface area contributed by atoms with Gasteiger partial charge < -0.3 is 14.6 Å². The van der Waals surface area contributed by atoms with Crippen LogP contribution in [0.15, 0.2) is 72.6 Å². The van der Waals surface area contributed by atoms with E-state index >= 15 is 0 Å². The van der Waals surface area contributed by atoms with Crippen LogP contribution in [0.5, 0.6) is 11.5 Å². The zero-order valence-electron chi connectivity index (χ0n) is 17.3. The Labute approximate surface area is 189 Å². The third-order valence-electron chi connectivity index (χ3n) is 5.23. The topological polar surface area (TPSA) is 89.0 Å². The lowest BCUT2D eigenvalue weighted by Crippen LogP contribution is -2.29. The Hall–Kier alpha value is -3.84. The van der Waals surface area contributed by atoms with Crippen LogP contribution in [-0.2, 0) is 9.59 Å². The number of hydrogen-bond acceptors (Lipinski definition) is 6. The molecule has 2 heterocycles. The number of amides is 1. The van der Waals surface area contributed by atoms with Gasteiger partial charge in [-0.1, -0.05) is 11.6 Å². The zero-order chi connectivity index (χ0) is 22.8. The number of halogens is 1. The second-order valence-electron chi connectivity index (χ2n) is 6.99. The molecule has 1 unspecified atom stereocenters. The molecular weight excluding hydrogens is 432 g/mol. The number of Topliss-reactive ketones (excluding diaryl/α,β-unsaturated/α-hetero) is 1. The van der Waals surface area contributed by atoms with Crippen molar-refractivity contribution in [2.24, 2.45) is 0 Å². The number of anilines is 1. The molecule has 1 atom stereocenters. The van der Waals surface area contributed by atoms with E-state index in [2.05, 4.69) is 4.98 Å². The zero-order valence-corrected chi connectivity index (χ0v) is 18.0. The quantitative estimate of drug-likeness (QED) is 0.352. The molecule has 4 rings (SSSR count). The number of carbonyl (C=O) groups is 2. The monoisotopic (exact) mass is 450 g/mol. The highest BCUT2D eigenvalue weighted by Gasteiger charge is 2.47. The largest absolute Gasteiger partial charge is 0.507 e. The molecule has 1 aromatic heterocycles. The summed E-state index contributed by atoms with van der Waals surface area (Å²) in [5.41, 5.74) is 1.25. The average molecular weight is 451 g/mol. The van der Waals surface area contributed by atoms with Crippen LogP contribution in [0.2, 0.25) is 5.02 Å². The Morgan fingerprint density at radius 3 is 2.31 bits per heavy atom. The molecule has 162 valence electrons. The maximum absolute atomic E-state index is 13.2. The summed E-state index contributed by atoms with van der Waals surface area (Å²) in [4.78, 5) is 31.7. The van der Waals surface area contributed by atoms with Crippen molar-refractivity contribution in [1.29, 1.82) is 0 Å². The van der Waals surface area contributed by atoms with Crippen LogP contribution >= 0.6 is 11.6 Å². The average Bonchev–Trinajstić information content (AvgIpc) is 3.09. The summed E-state index contributed by atoms with van der Waals surface area (Å²) >= 11 is 6.00. The van der Waals surface area contributed by atoms with Gasteiger partial charge in [0.05, 0.1) is 31.4 Å². The summed E-state index contributed by atoms with van der Waals surface area (Å²) in [6.07, 6.45) is 3.12. The van der Waals surface area contributed by atoms with E-state index in [0.717, 1.165) is 0 Å². The van der Waals surface area contributed by atoms with E-state index in [1.165, 1.54) is 19.1 Å². The van der Waals surface area contributed by atoms with Crippen molar-refractivity contribution in [3.8, 4) is 11.5 Å². The van der Waals surface area contributed by atoms with E-state index in [1.807, 2.05) is 0 Å². The first-order valence-electron chi connectivity index (χ1n) is 9.65. The van der Waals surface area contributed by atoms with Crippen molar-refractivity contribution in [3.63, 3.8) is 0 Å². The Bertz CT molecular complexity index is 1210. The number of aromatic nitrogens is 1. The van der Waals surface area contributed by atoms with Crippen molar-refractivity contribution < 1.29 is 24.2 Å². The molecule has 32 heavy (non-hydrogen) atoms. The second kappa shape index (κ2) is 8.72. The van der Waals surface area contributed by atoms with E-state index in [1.54, 1.807) is 67.0 Å².